The second-order valence-electron chi connectivity index (χ2n) is 31.6. The summed E-state index contributed by atoms with van der Waals surface area (Å²) < 4.78 is 11.1. The zero-order valence-corrected chi connectivity index (χ0v) is 69.1. The highest BCUT2D eigenvalue weighted by atomic mass is 32.2. The number of nitrogens with one attached hydrogen (secondary N) is 4. The summed E-state index contributed by atoms with van der Waals surface area (Å²) in [6.07, 6.45) is 3.67. The van der Waals surface area contributed by atoms with E-state index in [1.807, 2.05) is 41.5 Å². The monoisotopic (exact) mass is 1500 g/mol. The molecule has 2 heterocycles. The van der Waals surface area contributed by atoms with Gasteiger partial charge in [-0.25, -0.2) is 0 Å². The number of esters is 1. The lowest BCUT2D eigenvalue weighted by atomic mass is 9.91. The van der Waals surface area contributed by atoms with Crippen LogP contribution in [0.2, 0.25) is 0 Å². The van der Waals surface area contributed by atoms with Crippen molar-refractivity contribution >= 4 is 82.7 Å². The van der Waals surface area contributed by atoms with E-state index >= 15 is 38.4 Å². The van der Waals surface area contributed by atoms with Crippen molar-refractivity contribution in [2.45, 2.75) is 261 Å². The highest BCUT2D eigenvalue weighted by molar-refractivity contribution is 7.99. The first kappa shape index (κ1) is 94.6. The number of hydrogen-bond donors (Lipinski definition) is 6. The van der Waals surface area contributed by atoms with Gasteiger partial charge in [0.1, 0.15) is 66.5 Å². The van der Waals surface area contributed by atoms with Gasteiger partial charge in [-0.2, -0.15) is 11.8 Å². The number of aliphatic hydroxyl groups excluding tert-OH is 1. The topological polar surface area (TPSA) is 338 Å². The van der Waals surface area contributed by atoms with Gasteiger partial charge in [0.15, 0.2) is 0 Å². The number of carbonyl (C=O) groups is 12. The van der Waals surface area contributed by atoms with Crippen LogP contribution in [0.3, 0.4) is 0 Å². The minimum Gasteiger partial charge on any atom is -0.466 e. The third-order valence-electron chi connectivity index (χ3n) is 20.0. The van der Waals surface area contributed by atoms with Crippen LogP contribution in [-0.4, -0.2) is 299 Å². The van der Waals surface area contributed by atoms with Gasteiger partial charge in [0.2, 0.25) is 65.0 Å². The number of ether oxygens (including phenoxy) is 2. The van der Waals surface area contributed by atoms with E-state index in [1.165, 1.54) is 108 Å². The Kier molecular flexibility index (Phi) is 40.4. The number of thioether (sulfide) groups is 1. The number of aliphatic hydroxyl groups is 2. The number of likely N-dealkylation sites (N-methyl/N-ethyl adjacent to an activating group) is 7. The molecule has 28 nitrogen and oxygen atoms in total. The molecule has 602 valence electrons. The number of amides is 11. The molecule has 0 aromatic carbocycles. The van der Waals surface area contributed by atoms with E-state index < -0.39 is 167 Å². The highest BCUT2D eigenvalue weighted by Crippen LogP contribution is 2.28. The molecule has 29 heteroatoms. The number of hydrogen-bond acceptors (Lipinski definition) is 18. The van der Waals surface area contributed by atoms with Crippen LogP contribution in [0.15, 0.2) is 12.2 Å². The van der Waals surface area contributed by atoms with Crippen molar-refractivity contribution < 1.29 is 77.2 Å². The number of carbonyl (C=O) groups excluding carboxylic acids is 12. The Bertz CT molecular complexity index is 2890. The Morgan fingerprint density at radius 3 is 1.55 bits per heavy atom. The lowest BCUT2D eigenvalue weighted by Gasteiger charge is -2.41. The summed E-state index contributed by atoms with van der Waals surface area (Å²) in [4.78, 5) is 190. The fourth-order valence-electron chi connectivity index (χ4n) is 13.4. The van der Waals surface area contributed by atoms with Gasteiger partial charge in [0.05, 0.1) is 37.4 Å². The van der Waals surface area contributed by atoms with E-state index in [2.05, 4.69) is 26.2 Å². The highest BCUT2D eigenvalue weighted by Gasteiger charge is 2.47. The molecule has 2 aliphatic rings. The minimum absolute atomic E-state index is 0.0774. The summed E-state index contributed by atoms with van der Waals surface area (Å²) in [7, 11) is 9.76. The lowest BCUT2D eigenvalue weighted by Crippen LogP contribution is -2.64. The molecular weight excluding hydrogens is 1370 g/mol. The minimum atomic E-state index is -1.70. The van der Waals surface area contributed by atoms with Gasteiger partial charge in [0, 0.05) is 74.6 Å². The Morgan fingerprint density at radius 2 is 1.05 bits per heavy atom. The maximum absolute atomic E-state index is 15.7. The first-order valence-electron chi connectivity index (χ1n) is 38.0. The fourth-order valence-corrected chi connectivity index (χ4v) is 14.6. The second-order valence-corrected chi connectivity index (χ2v) is 32.8. The molecule has 0 aromatic heterocycles. The molecule has 14 atom stereocenters. The molecule has 0 aliphatic carbocycles. The third-order valence-corrected chi connectivity index (χ3v) is 21.1. The maximum atomic E-state index is 15.7. The predicted molar refractivity (Wildman–Crippen MR) is 407 cm³/mol. The van der Waals surface area contributed by atoms with Crippen LogP contribution in [0.1, 0.15) is 182 Å². The molecular formula is C76H136N12O16S. The summed E-state index contributed by atoms with van der Waals surface area (Å²) >= 11 is 1.27. The molecule has 2 saturated heterocycles. The summed E-state index contributed by atoms with van der Waals surface area (Å²) in [6, 6.07) is -14.9. The number of rotatable bonds is 26. The smallest absolute Gasteiger partial charge is 0.308 e. The zero-order valence-electron chi connectivity index (χ0n) is 68.2. The van der Waals surface area contributed by atoms with Crippen molar-refractivity contribution in [1.82, 2.24) is 60.5 Å². The largest absolute Gasteiger partial charge is 0.466 e. The molecule has 0 spiro atoms. The van der Waals surface area contributed by atoms with E-state index in [9.17, 15) is 29.4 Å². The van der Waals surface area contributed by atoms with Crippen molar-refractivity contribution in [1.29, 1.82) is 0 Å². The normalized spacial score (nSPS) is 26.2. The number of nitrogens with zero attached hydrogens (tertiary/aromatic N) is 8. The molecule has 0 aromatic rings. The van der Waals surface area contributed by atoms with Gasteiger partial charge in [0.25, 0.3) is 0 Å². The Morgan fingerprint density at radius 1 is 0.571 bits per heavy atom. The zero-order chi connectivity index (χ0) is 80.4. The van der Waals surface area contributed by atoms with E-state index in [0.29, 0.717) is 38.2 Å². The standard InChI is InChI=1S/C76H136N12O16S/c1-26-29-31-50(14)63(89)62-67(93)79-54(27-2)69(95)85(23)59(44-105-39-33-53(75(101)104-28-3)32-30-34-88-35-37-103-38-36-88)72(98)84(22)58(43-76(17,18)102)66(92)80-60(48(10)11)73(99)81(19)55(40-45(4)5)65(91)77-51(15)64(90)78-52(16)68(94)82(20)56(41-46(6)7)70(96)83(21)57(42-47(8)9)71(97)86(24)61(49(12)13)74(100)87(62)25/h26,29,45-63,89,102H,27-28,30-44H2,1-25H3,(H,77,91)(H,78,90)(H,79,93)(H,80,92)/b29-26+/t50-,51+,52-,53-,54+,55+,56+,57+,58+,59-,60+,61+,62+,63-/m1/s1. The predicted octanol–water partition coefficient (Wildman–Crippen LogP) is 4.17. The van der Waals surface area contributed by atoms with Crippen LogP contribution in [0, 0.1) is 41.4 Å². The summed E-state index contributed by atoms with van der Waals surface area (Å²) in [6.45, 7) is 34.2. The molecule has 2 rings (SSSR count). The van der Waals surface area contributed by atoms with Gasteiger partial charge in [-0.1, -0.05) is 95.2 Å². The fraction of sp³-hybridized carbons (Fsp3) is 0.816. The van der Waals surface area contributed by atoms with Crippen LogP contribution in [0.25, 0.3) is 0 Å². The molecule has 11 amide bonds. The molecule has 6 N–H and O–H groups in total. The van der Waals surface area contributed by atoms with Crippen LogP contribution in [0.4, 0.5) is 0 Å². The Hall–Kier alpha value is -6.43. The van der Waals surface area contributed by atoms with Crippen LogP contribution < -0.4 is 21.3 Å². The SMILES string of the molecule is C/C=C/C[C@@H](C)[C@@H](O)[C@H]1C(=O)N[C@@H](CC)C(=O)N(C)[C@H](CSCC[C@@H](CCCN2CCOCC2)C(=O)OCC)C(=O)N(C)[C@@H](CC(C)(C)O)C(=O)N[C@@H](C(C)C)C(=O)N(C)[C@@H](CC(C)C)C(=O)N[C@@H](C)C(=O)N[C@H](C)C(=O)N(C)[C@@H](CC(C)C)C(=O)N(C)[C@@H](CC(C)C)C(=O)N(C)[C@@H](C(C)C)C(=O)N1C. The van der Waals surface area contributed by atoms with E-state index in [-0.39, 0.29) is 74.6 Å². The van der Waals surface area contributed by atoms with E-state index in [0.717, 1.165) is 34.3 Å². The third kappa shape index (κ3) is 28.6. The van der Waals surface area contributed by atoms with Gasteiger partial charge in [-0.15, -0.1) is 0 Å². The molecule has 0 saturated carbocycles. The molecule has 2 fully saturated rings. The van der Waals surface area contributed by atoms with Crippen molar-refractivity contribution in [2.24, 2.45) is 41.4 Å². The average Bonchev–Trinajstić information content (AvgIpc) is 0.805. The maximum Gasteiger partial charge on any atom is 0.308 e. The summed E-state index contributed by atoms with van der Waals surface area (Å²) in [5.41, 5.74) is -1.64. The number of morpholine rings is 1. The molecule has 0 radical (unpaired) electrons. The first-order chi connectivity index (χ1) is 48.8. The van der Waals surface area contributed by atoms with Crippen LogP contribution >= 0.6 is 11.8 Å². The van der Waals surface area contributed by atoms with Gasteiger partial charge in [-0.3, -0.25) is 62.4 Å². The van der Waals surface area contributed by atoms with Crippen molar-refractivity contribution in [3.05, 3.63) is 12.2 Å². The van der Waals surface area contributed by atoms with Gasteiger partial charge in [-0.05, 0) is 141 Å². The Labute approximate surface area is 632 Å². The second kappa shape index (κ2) is 44.8. The van der Waals surface area contributed by atoms with Gasteiger partial charge < -0.3 is 75.3 Å². The van der Waals surface area contributed by atoms with Crippen molar-refractivity contribution in [3.63, 3.8) is 0 Å². The van der Waals surface area contributed by atoms with Crippen LogP contribution in [-0.2, 0) is 67.0 Å². The lowest BCUT2D eigenvalue weighted by molar-refractivity contribution is -0.157. The van der Waals surface area contributed by atoms with Gasteiger partial charge >= 0.3 is 5.97 Å². The Balaban J connectivity index is 3.14. The van der Waals surface area contributed by atoms with Crippen molar-refractivity contribution in [2.75, 3.05) is 100 Å². The molecule has 2 aliphatic heterocycles. The first-order valence-corrected chi connectivity index (χ1v) is 39.1. The number of allylic oxidation sites excluding steroid dienone is 2. The van der Waals surface area contributed by atoms with Crippen LogP contribution in [0.5, 0.6) is 0 Å². The molecule has 0 unspecified atom stereocenters. The van der Waals surface area contributed by atoms with Crippen molar-refractivity contribution in [3.8, 4) is 0 Å². The van der Waals surface area contributed by atoms with E-state index in [1.54, 1.807) is 67.5 Å². The summed E-state index contributed by atoms with van der Waals surface area (Å²) in [5.74, 6) is -11.5. The quantitative estimate of drug-likeness (QED) is 0.0402. The summed E-state index contributed by atoms with van der Waals surface area (Å²) in [5, 5.41) is 35.0. The average molecular weight is 1510 g/mol. The van der Waals surface area contributed by atoms with E-state index in [4.69, 9.17) is 9.47 Å². The molecule has 105 heavy (non-hydrogen) atoms. The molecule has 0 bridgehead atoms.